The Morgan fingerprint density at radius 2 is 2.04 bits per heavy atom. The SMILES string of the molecule is Cc1nc(C2CCN(C(=O)c3n[nH]c4c3C[C@@H](C)CC4)CC2)cc(=O)[nH]1. The van der Waals surface area contributed by atoms with Crippen molar-refractivity contribution in [3.8, 4) is 0 Å². The first-order valence-electron chi connectivity index (χ1n) is 9.44. The number of hydrogen-bond donors (Lipinski definition) is 2. The van der Waals surface area contributed by atoms with Crippen molar-refractivity contribution < 1.29 is 4.79 Å². The van der Waals surface area contributed by atoms with E-state index in [1.807, 2.05) is 4.90 Å². The van der Waals surface area contributed by atoms with Gasteiger partial charge in [-0.1, -0.05) is 6.92 Å². The molecule has 1 fully saturated rings. The van der Waals surface area contributed by atoms with E-state index < -0.39 is 0 Å². The molecule has 3 heterocycles. The van der Waals surface area contributed by atoms with Gasteiger partial charge in [0.25, 0.3) is 11.5 Å². The van der Waals surface area contributed by atoms with E-state index in [-0.39, 0.29) is 17.4 Å². The third-order valence-corrected chi connectivity index (χ3v) is 5.68. The summed E-state index contributed by atoms with van der Waals surface area (Å²) in [7, 11) is 0. The minimum Gasteiger partial charge on any atom is -0.337 e. The van der Waals surface area contributed by atoms with Gasteiger partial charge in [0.05, 0.1) is 5.69 Å². The highest BCUT2D eigenvalue weighted by Gasteiger charge is 2.30. The first kappa shape index (κ1) is 17.0. The van der Waals surface area contributed by atoms with E-state index in [1.165, 1.54) is 0 Å². The Hall–Kier alpha value is -2.44. The predicted octanol–water partition coefficient (Wildman–Crippen LogP) is 1.95. The Labute approximate surface area is 152 Å². The van der Waals surface area contributed by atoms with E-state index >= 15 is 0 Å². The molecule has 7 heteroatoms. The van der Waals surface area contributed by atoms with E-state index in [0.717, 1.165) is 49.1 Å². The summed E-state index contributed by atoms with van der Waals surface area (Å²) in [5.74, 6) is 1.50. The Morgan fingerprint density at radius 3 is 2.77 bits per heavy atom. The van der Waals surface area contributed by atoms with E-state index in [0.29, 0.717) is 30.5 Å². The normalized spacial score (nSPS) is 20.8. The first-order valence-corrected chi connectivity index (χ1v) is 9.44. The van der Waals surface area contributed by atoms with E-state index in [1.54, 1.807) is 13.0 Å². The lowest BCUT2D eigenvalue weighted by Gasteiger charge is -2.31. The number of H-pyrrole nitrogens is 2. The van der Waals surface area contributed by atoms with Crippen LogP contribution in [0.5, 0.6) is 0 Å². The number of likely N-dealkylation sites (tertiary alicyclic amines) is 1. The molecule has 0 bridgehead atoms. The minimum absolute atomic E-state index is 0.0325. The van der Waals surface area contributed by atoms with Crippen molar-refractivity contribution in [3.63, 3.8) is 0 Å². The van der Waals surface area contributed by atoms with Crippen LogP contribution in [-0.2, 0) is 12.8 Å². The third kappa shape index (κ3) is 3.18. The number of hydrogen-bond acceptors (Lipinski definition) is 4. The fourth-order valence-electron chi connectivity index (χ4n) is 4.19. The number of aryl methyl sites for hydroxylation is 2. The van der Waals surface area contributed by atoms with Crippen molar-refractivity contribution in [1.29, 1.82) is 0 Å². The molecule has 1 saturated heterocycles. The van der Waals surface area contributed by atoms with Crippen molar-refractivity contribution in [2.45, 2.75) is 51.9 Å². The summed E-state index contributed by atoms with van der Waals surface area (Å²) >= 11 is 0. The zero-order valence-electron chi connectivity index (χ0n) is 15.3. The van der Waals surface area contributed by atoms with Crippen molar-refractivity contribution in [2.75, 3.05) is 13.1 Å². The number of nitrogens with one attached hydrogen (secondary N) is 2. The lowest BCUT2D eigenvalue weighted by atomic mass is 9.87. The van der Waals surface area contributed by atoms with Gasteiger partial charge in [-0.15, -0.1) is 0 Å². The predicted molar refractivity (Wildman–Crippen MR) is 97.2 cm³/mol. The minimum atomic E-state index is -0.108. The van der Waals surface area contributed by atoms with Crippen LogP contribution in [0.1, 0.15) is 65.4 Å². The van der Waals surface area contributed by atoms with Crippen LogP contribution in [0.25, 0.3) is 0 Å². The smallest absolute Gasteiger partial charge is 0.274 e. The Balaban J connectivity index is 1.46. The molecule has 1 atom stereocenters. The van der Waals surface area contributed by atoms with Gasteiger partial charge in [-0.25, -0.2) is 4.98 Å². The summed E-state index contributed by atoms with van der Waals surface area (Å²) in [6, 6.07) is 1.58. The standard InChI is InChI=1S/C19H25N5O2/c1-11-3-4-15-14(9-11)18(23-22-15)19(26)24-7-5-13(6-8-24)16-10-17(25)21-12(2)20-16/h10-11,13H,3-9H2,1-2H3,(H,22,23)(H,20,21,25)/t11-/m0/s1. The highest BCUT2D eigenvalue weighted by atomic mass is 16.2. The van der Waals surface area contributed by atoms with Gasteiger partial charge in [-0.2, -0.15) is 5.10 Å². The average Bonchev–Trinajstić information content (AvgIpc) is 3.03. The summed E-state index contributed by atoms with van der Waals surface area (Å²) in [5.41, 5.74) is 3.58. The fourth-order valence-corrected chi connectivity index (χ4v) is 4.19. The molecular weight excluding hydrogens is 330 g/mol. The van der Waals surface area contributed by atoms with Crippen LogP contribution >= 0.6 is 0 Å². The molecule has 26 heavy (non-hydrogen) atoms. The summed E-state index contributed by atoms with van der Waals surface area (Å²) in [5, 5.41) is 7.40. The summed E-state index contributed by atoms with van der Waals surface area (Å²) in [6.07, 6.45) is 4.71. The van der Waals surface area contributed by atoms with Gasteiger partial charge in [-0.05, 0) is 44.9 Å². The summed E-state index contributed by atoms with van der Waals surface area (Å²) < 4.78 is 0. The molecule has 0 radical (unpaired) electrons. The number of aromatic amines is 2. The van der Waals surface area contributed by atoms with Gasteiger partial charge < -0.3 is 9.88 Å². The largest absolute Gasteiger partial charge is 0.337 e. The molecule has 1 aliphatic heterocycles. The summed E-state index contributed by atoms with van der Waals surface area (Å²) in [4.78, 5) is 33.7. The van der Waals surface area contributed by atoms with Crippen LogP contribution in [0.3, 0.4) is 0 Å². The van der Waals surface area contributed by atoms with Crippen LogP contribution < -0.4 is 5.56 Å². The molecule has 0 aromatic carbocycles. The number of nitrogens with zero attached hydrogens (tertiary/aromatic N) is 3. The third-order valence-electron chi connectivity index (χ3n) is 5.68. The molecule has 2 N–H and O–H groups in total. The maximum absolute atomic E-state index is 13.0. The highest BCUT2D eigenvalue weighted by molar-refractivity contribution is 5.94. The number of carbonyl (C=O) groups is 1. The van der Waals surface area contributed by atoms with Crippen LogP contribution in [-0.4, -0.2) is 44.1 Å². The maximum Gasteiger partial charge on any atom is 0.274 e. The van der Waals surface area contributed by atoms with Gasteiger partial charge in [0.15, 0.2) is 5.69 Å². The number of aromatic nitrogens is 4. The molecule has 2 aliphatic rings. The molecule has 1 aliphatic carbocycles. The fraction of sp³-hybridized carbons (Fsp3) is 0.579. The molecule has 1 amide bonds. The van der Waals surface area contributed by atoms with E-state index in [4.69, 9.17) is 0 Å². The Bertz CT molecular complexity index is 876. The number of rotatable bonds is 2. The molecule has 2 aromatic rings. The second-order valence-electron chi connectivity index (χ2n) is 7.70. The zero-order valence-corrected chi connectivity index (χ0v) is 15.3. The average molecular weight is 355 g/mol. The maximum atomic E-state index is 13.0. The monoisotopic (exact) mass is 355 g/mol. The topological polar surface area (TPSA) is 94.7 Å². The van der Waals surface area contributed by atoms with Crippen LogP contribution in [0.4, 0.5) is 0 Å². The highest BCUT2D eigenvalue weighted by Crippen LogP contribution is 2.30. The number of piperidine rings is 1. The summed E-state index contributed by atoms with van der Waals surface area (Å²) in [6.45, 7) is 5.37. The Morgan fingerprint density at radius 1 is 1.27 bits per heavy atom. The molecule has 0 unspecified atom stereocenters. The number of fused-ring (bicyclic) bond motifs is 1. The molecule has 7 nitrogen and oxygen atoms in total. The lowest BCUT2D eigenvalue weighted by Crippen LogP contribution is -2.39. The molecule has 138 valence electrons. The molecule has 0 saturated carbocycles. The van der Waals surface area contributed by atoms with Crippen molar-refractivity contribution >= 4 is 5.91 Å². The zero-order chi connectivity index (χ0) is 18.3. The second kappa shape index (κ2) is 6.70. The van der Waals surface area contributed by atoms with E-state index in [2.05, 4.69) is 27.1 Å². The van der Waals surface area contributed by atoms with Gasteiger partial charge in [0.1, 0.15) is 5.82 Å². The van der Waals surface area contributed by atoms with Gasteiger partial charge in [-0.3, -0.25) is 14.7 Å². The molecule has 2 aromatic heterocycles. The van der Waals surface area contributed by atoms with Crippen LogP contribution in [0.2, 0.25) is 0 Å². The molecule has 0 spiro atoms. The van der Waals surface area contributed by atoms with Crippen molar-refractivity contribution in [3.05, 3.63) is 44.9 Å². The Kier molecular flexibility index (Phi) is 4.38. The van der Waals surface area contributed by atoms with Gasteiger partial charge in [0, 0.05) is 36.3 Å². The second-order valence-corrected chi connectivity index (χ2v) is 7.70. The van der Waals surface area contributed by atoms with Crippen LogP contribution in [0, 0.1) is 12.8 Å². The first-order chi connectivity index (χ1) is 12.5. The quantitative estimate of drug-likeness (QED) is 0.861. The van der Waals surface area contributed by atoms with Crippen molar-refractivity contribution in [1.82, 2.24) is 25.1 Å². The van der Waals surface area contributed by atoms with Gasteiger partial charge in [0.2, 0.25) is 0 Å². The lowest BCUT2D eigenvalue weighted by molar-refractivity contribution is 0.0704. The number of carbonyl (C=O) groups excluding carboxylic acids is 1. The van der Waals surface area contributed by atoms with Gasteiger partial charge >= 0.3 is 0 Å². The molecule has 4 rings (SSSR count). The molecular formula is C19H25N5O2. The van der Waals surface area contributed by atoms with E-state index in [9.17, 15) is 9.59 Å². The van der Waals surface area contributed by atoms with Crippen LogP contribution in [0.15, 0.2) is 10.9 Å². The van der Waals surface area contributed by atoms with Crippen molar-refractivity contribution in [2.24, 2.45) is 5.92 Å². The number of amides is 1.